The third-order valence-corrected chi connectivity index (χ3v) is 7.78. The summed E-state index contributed by atoms with van der Waals surface area (Å²) in [7, 11) is -2.34. The van der Waals surface area contributed by atoms with E-state index in [0.29, 0.717) is 0 Å². The first-order chi connectivity index (χ1) is 16.3. The molecule has 0 radical (unpaired) electrons. The van der Waals surface area contributed by atoms with E-state index in [4.69, 9.17) is 4.74 Å². The minimum absolute atomic E-state index is 0.0106. The molecule has 0 unspecified atom stereocenters. The number of piperidine rings is 1. The first-order valence-corrected chi connectivity index (χ1v) is 12.2. The first kappa shape index (κ1) is 25.1. The van der Waals surface area contributed by atoms with Crippen molar-refractivity contribution in [3.05, 3.63) is 24.3 Å². The second kappa shape index (κ2) is 8.92. The van der Waals surface area contributed by atoms with E-state index in [1.807, 2.05) is 0 Å². The molecule has 190 valence electrons. The summed E-state index contributed by atoms with van der Waals surface area (Å²) in [5.74, 6) is -3.59. The third kappa shape index (κ3) is 5.19. The Bertz CT molecular complexity index is 1250. The quantitative estimate of drug-likeness (QED) is 0.580. The van der Waals surface area contributed by atoms with E-state index >= 15 is 0 Å². The molecule has 0 amide bonds. The van der Waals surface area contributed by atoms with Gasteiger partial charge in [-0.25, -0.2) is 31.6 Å². The maximum absolute atomic E-state index is 14.9. The van der Waals surface area contributed by atoms with E-state index in [9.17, 15) is 32.0 Å². The Morgan fingerprint density at radius 1 is 1.37 bits per heavy atom. The Kier molecular flexibility index (Phi) is 6.41. The number of anilines is 1. The standard InChI is InChI=1S/C20H24F3N7O4S/c1-19(31)10-20(22,23)5-15(19)34-17-12(6-24)7-25-18(28-17)27-14-3-4-30(8-13(14)21)35(32,33)16-9-29(2)11-26-16/h7,9,11,13-15,31H,3-5,8,10H2,1-2H3,(H,25,27,28)/t13-,14-,15-,19+/m1/s1. The Labute approximate surface area is 199 Å². The lowest BCUT2D eigenvalue weighted by Crippen LogP contribution is -2.50. The molecule has 0 bridgehead atoms. The van der Waals surface area contributed by atoms with Crippen LogP contribution in [0.1, 0.15) is 31.7 Å². The van der Waals surface area contributed by atoms with Crippen molar-refractivity contribution >= 4 is 16.0 Å². The van der Waals surface area contributed by atoms with Crippen molar-refractivity contribution in [1.29, 1.82) is 5.26 Å². The fraction of sp³-hybridized carbons (Fsp3) is 0.600. The van der Waals surface area contributed by atoms with Crippen LogP contribution in [0.5, 0.6) is 5.88 Å². The van der Waals surface area contributed by atoms with Crippen molar-refractivity contribution in [2.75, 3.05) is 18.4 Å². The second-order valence-corrected chi connectivity index (χ2v) is 10.9. The number of hydrogen-bond acceptors (Lipinski definition) is 9. The summed E-state index contributed by atoms with van der Waals surface area (Å²) < 4.78 is 75.9. The zero-order chi connectivity index (χ0) is 25.6. The van der Waals surface area contributed by atoms with E-state index in [2.05, 4.69) is 20.3 Å². The number of imidazole rings is 1. The molecule has 0 spiro atoms. The van der Waals surface area contributed by atoms with E-state index in [1.165, 1.54) is 24.0 Å². The lowest BCUT2D eigenvalue weighted by atomic mass is 10.0. The molecule has 1 aliphatic heterocycles. The molecule has 15 heteroatoms. The summed E-state index contributed by atoms with van der Waals surface area (Å²) in [6.45, 7) is 0.804. The van der Waals surface area contributed by atoms with Crippen LogP contribution in [-0.2, 0) is 17.1 Å². The van der Waals surface area contributed by atoms with Crippen molar-refractivity contribution in [2.45, 2.75) is 61.1 Å². The highest BCUT2D eigenvalue weighted by molar-refractivity contribution is 7.89. The molecule has 1 saturated heterocycles. The highest BCUT2D eigenvalue weighted by Gasteiger charge is 2.54. The SMILES string of the molecule is Cn1cnc(S(=O)(=O)N2CC[C@@H](Nc3ncc(C#N)c(O[C@@H]4CC(F)(F)C[C@]4(C)O)n3)[C@H](F)C2)c1. The third-order valence-electron chi connectivity index (χ3n) is 6.03. The highest BCUT2D eigenvalue weighted by atomic mass is 32.2. The molecule has 1 aliphatic carbocycles. The Balaban J connectivity index is 1.46. The van der Waals surface area contributed by atoms with Crippen molar-refractivity contribution < 1.29 is 31.4 Å². The van der Waals surface area contributed by atoms with Crippen LogP contribution in [0.15, 0.2) is 23.7 Å². The number of ether oxygens (including phenoxy) is 1. The number of halogens is 3. The summed E-state index contributed by atoms with van der Waals surface area (Å²) in [6.07, 6.45) is -0.656. The predicted molar refractivity (Wildman–Crippen MR) is 115 cm³/mol. The monoisotopic (exact) mass is 515 g/mol. The Morgan fingerprint density at radius 2 is 2.11 bits per heavy atom. The number of nitrogens with zero attached hydrogens (tertiary/aromatic N) is 6. The maximum Gasteiger partial charge on any atom is 0.262 e. The number of nitrogens with one attached hydrogen (secondary N) is 1. The van der Waals surface area contributed by atoms with Crippen LogP contribution in [0.2, 0.25) is 0 Å². The molecular formula is C20H24F3N7O4S. The normalized spacial score (nSPS) is 29.0. The number of aromatic nitrogens is 4. The van der Waals surface area contributed by atoms with Gasteiger partial charge in [-0.3, -0.25) is 0 Å². The van der Waals surface area contributed by atoms with E-state index in [-0.39, 0.29) is 35.4 Å². The largest absolute Gasteiger partial charge is 0.470 e. The van der Waals surface area contributed by atoms with Crippen LogP contribution >= 0.6 is 0 Å². The summed E-state index contributed by atoms with van der Waals surface area (Å²) >= 11 is 0. The van der Waals surface area contributed by atoms with Crippen LogP contribution in [0, 0.1) is 11.3 Å². The average Bonchev–Trinajstić information content (AvgIpc) is 3.29. The zero-order valence-corrected chi connectivity index (χ0v) is 19.7. The number of sulfonamides is 1. The van der Waals surface area contributed by atoms with Gasteiger partial charge in [0.25, 0.3) is 15.9 Å². The molecule has 2 N–H and O–H groups in total. The number of aliphatic hydroxyl groups is 1. The maximum atomic E-state index is 14.9. The summed E-state index contributed by atoms with van der Waals surface area (Å²) in [6, 6.07) is 0.938. The van der Waals surface area contributed by atoms with Crippen LogP contribution in [-0.4, -0.2) is 80.3 Å². The molecule has 4 rings (SSSR count). The molecule has 2 fully saturated rings. The van der Waals surface area contributed by atoms with Gasteiger partial charge in [0.2, 0.25) is 11.8 Å². The van der Waals surface area contributed by atoms with E-state index < -0.39 is 59.3 Å². The molecule has 35 heavy (non-hydrogen) atoms. The van der Waals surface area contributed by atoms with E-state index in [1.54, 1.807) is 13.1 Å². The highest BCUT2D eigenvalue weighted by Crippen LogP contribution is 2.43. The van der Waals surface area contributed by atoms with Gasteiger partial charge >= 0.3 is 0 Å². The van der Waals surface area contributed by atoms with Gasteiger partial charge in [0.1, 0.15) is 29.5 Å². The number of alkyl halides is 3. The fourth-order valence-electron chi connectivity index (χ4n) is 4.18. The smallest absolute Gasteiger partial charge is 0.262 e. The number of nitriles is 1. The van der Waals surface area contributed by atoms with Gasteiger partial charge in [-0.05, 0) is 13.3 Å². The van der Waals surface area contributed by atoms with Crippen LogP contribution < -0.4 is 10.1 Å². The summed E-state index contributed by atoms with van der Waals surface area (Å²) in [4.78, 5) is 11.8. The molecule has 1 saturated carbocycles. The van der Waals surface area contributed by atoms with Gasteiger partial charge in [0, 0.05) is 32.8 Å². The van der Waals surface area contributed by atoms with Crippen molar-refractivity contribution in [1.82, 2.24) is 23.8 Å². The molecule has 2 aromatic rings. The molecule has 4 atom stereocenters. The van der Waals surface area contributed by atoms with Gasteiger partial charge in [0.05, 0.1) is 25.0 Å². The number of aryl methyl sites for hydroxylation is 1. The average molecular weight is 516 g/mol. The molecule has 2 aliphatic rings. The lowest BCUT2D eigenvalue weighted by Gasteiger charge is -2.33. The number of rotatable bonds is 6. The van der Waals surface area contributed by atoms with Crippen LogP contribution in [0.3, 0.4) is 0 Å². The van der Waals surface area contributed by atoms with Crippen LogP contribution in [0.4, 0.5) is 19.1 Å². The molecule has 3 heterocycles. The predicted octanol–water partition coefficient (Wildman–Crippen LogP) is 1.22. The van der Waals surface area contributed by atoms with Gasteiger partial charge in [-0.1, -0.05) is 0 Å². The van der Waals surface area contributed by atoms with Gasteiger partial charge in [-0.2, -0.15) is 14.6 Å². The lowest BCUT2D eigenvalue weighted by molar-refractivity contribution is -0.0406. The number of hydrogen-bond donors (Lipinski definition) is 2. The minimum Gasteiger partial charge on any atom is -0.470 e. The summed E-state index contributed by atoms with van der Waals surface area (Å²) in [5.41, 5.74) is -1.99. The molecular weight excluding hydrogens is 491 g/mol. The van der Waals surface area contributed by atoms with E-state index in [0.717, 1.165) is 10.5 Å². The molecule has 2 aromatic heterocycles. The van der Waals surface area contributed by atoms with Gasteiger partial charge in [0.15, 0.2) is 5.03 Å². The second-order valence-electron chi connectivity index (χ2n) is 9.02. The van der Waals surface area contributed by atoms with Crippen molar-refractivity contribution in [3.8, 4) is 11.9 Å². The first-order valence-electron chi connectivity index (χ1n) is 10.7. The van der Waals surface area contributed by atoms with Crippen molar-refractivity contribution in [3.63, 3.8) is 0 Å². The minimum atomic E-state index is -3.96. The van der Waals surface area contributed by atoms with Gasteiger partial charge in [-0.15, -0.1) is 0 Å². The topological polar surface area (TPSA) is 146 Å². The van der Waals surface area contributed by atoms with Gasteiger partial charge < -0.3 is 19.7 Å². The molecule has 0 aromatic carbocycles. The Hall–Kier alpha value is -2.96. The van der Waals surface area contributed by atoms with Crippen LogP contribution in [0.25, 0.3) is 0 Å². The zero-order valence-electron chi connectivity index (χ0n) is 18.9. The fourth-order valence-corrected chi connectivity index (χ4v) is 5.61. The van der Waals surface area contributed by atoms with Crippen molar-refractivity contribution in [2.24, 2.45) is 7.05 Å². The Morgan fingerprint density at radius 3 is 2.69 bits per heavy atom. The molecule has 11 nitrogen and oxygen atoms in total. The summed E-state index contributed by atoms with van der Waals surface area (Å²) in [5, 5.41) is 22.2.